The maximum Gasteiger partial charge on any atom is 0.414 e. The van der Waals surface area contributed by atoms with Crippen LogP contribution in [-0.2, 0) is 9.53 Å². The first-order valence-electron chi connectivity index (χ1n) is 8.92. The largest absolute Gasteiger partial charge is 0.447 e. The summed E-state index contributed by atoms with van der Waals surface area (Å²) < 4.78 is 20.0. The van der Waals surface area contributed by atoms with E-state index < -0.39 is 11.9 Å². The molecule has 4 rings (SSSR count). The average Bonchev–Trinajstić information content (AvgIpc) is 3.29. The van der Waals surface area contributed by atoms with Gasteiger partial charge in [-0.25, -0.2) is 14.2 Å². The first kappa shape index (κ1) is 18.6. The van der Waals surface area contributed by atoms with E-state index >= 15 is 0 Å². The van der Waals surface area contributed by atoms with Crippen LogP contribution in [0.5, 0.6) is 0 Å². The Morgan fingerprint density at radius 1 is 1.24 bits per heavy atom. The molecule has 0 bridgehead atoms. The molecule has 2 amide bonds. The van der Waals surface area contributed by atoms with E-state index in [4.69, 9.17) is 4.74 Å². The van der Waals surface area contributed by atoms with Crippen molar-refractivity contribution in [3.63, 3.8) is 0 Å². The van der Waals surface area contributed by atoms with Crippen LogP contribution >= 0.6 is 0 Å². The number of nitrogens with zero attached hydrogens (tertiary/aromatic N) is 3. The van der Waals surface area contributed by atoms with Crippen molar-refractivity contribution in [1.29, 1.82) is 0 Å². The molecule has 0 spiro atoms. The number of hydrogen-bond donors (Lipinski definition) is 1. The Kier molecular flexibility index (Phi) is 4.71. The van der Waals surface area contributed by atoms with Gasteiger partial charge in [0.05, 0.1) is 12.2 Å². The van der Waals surface area contributed by atoms with Crippen LogP contribution in [0, 0.1) is 5.82 Å². The van der Waals surface area contributed by atoms with Crippen molar-refractivity contribution >= 4 is 29.1 Å². The minimum atomic E-state index is -0.517. The molecule has 1 aliphatic rings. The lowest BCUT2D eigenvalue weighted by molar-refractivity contribution is -0.119. The number of aromatic nitrogens is 2. The molecule has 9 heteroatoms. The Morgan fingerprint density at radius 3 is 2.72 bits per heavy atom. The van der Waals surface area contributed by atoms with Gasteiger partial charge >= 0.3 is 6.09 Å². The monoisotopic (exact) mass is 396 g/mol. The van der Waals surface area contributed by atoms with Crippen molar-refractivity contribution in [2.45, 2.75) is 13.0 Å². The number of hydrogen-bond acceptors (Lipinski definition) is 5. The van der Waals surface area contributed by atoms with Crippen molar-refractivity contribution in [2.75, 3.05) is 18.1 Å². The number of cyclic esters (lactones) is 1. The van der Waals surface area contributed by atoms with E-state index in [0.29, 0.717) is 16.9 Å². The number of imidazole rings is 1. The quantitative estimate of drug-likeness (QED) is 0.667. The Hall–Kier alpha value is -3.75. The first-order chi connectivity index (χ1) is 13.9. The van der Waals surface area contributed by atoms with Gasteiger partial charge in [-0.15, -0.1) is 0 Å². The first-order valence-corrected chi connectivity index (χ1v) is 8.92. The van der Waals surface area contributed by atoms with Crippen LogP contribution in [0.3, 0.4) is 0 Å². The van der Waals surface area contributed by atoms with E-state index in [0.717, 1.165) is 0 Å². The summed E-state index contributed by atoms with van der Waals surface area (Å²) in [6.07, 6.45) is 2.08. The lowest BCUT2D eigenvalue weighted by Crippen LogP contribution is -2.42. The number of anilines is 1. The summed E-state index contributed by atoms with van der Waals surface area (Å²) in [6, 6.07) is 8.85. The van der Waals surface area contributed by atoms with E-state index in [1.807, 2.05) is 0 Å². The molecule has 1 unspecified atom stereocenters. The summed E-state index contributed by atoms with van der Waals surface area (Å²) in [5.74, 6) is -0.999. The van der Waals surface area contributed by atoms with Crippen LogP contribution in [-0.4, -0.2) is 46.4 Å². The average molecular weight is 396 g/mol. The van der Waals surface area contributed by atoms with Crippen LogP contribution in [0.25, 0.3) is 5.65 Å². The zero-order chi connectivity index (χ0) is 20.5. The molecule has 3 heterocycles. The number of carbonyl (C=O) groups excluding carboxylic acids is 3. The highest BCUT2D eigenvalue weighted by molar-refractivity contribution is 6.08. The van der Waals surface area contributed by atoms with Gasteiger partial charge in [0.15, 0.2) is 0 Å². The number of pyridine rings is 1. The fourth-order valence-electron chi connectivity index (χ4n) is 3.23. The Labute approximate surface area is 164 Å². The summed E-state index contributed by atoms with van der Waals surface area (Å²) in [5.41, 5.74) is 1.61. The zero-order valence-corrected chi connectivity index (χ0v) is 15.5. The van der Waals surface area contributed by atoms with Gasteiger partial charge in [0, 0.05) is 30.9 Å². The van der Waals surface area contributed by atoms with Crippen LogP contribution in [0.15, 0.2) is 48.8 Å². The summed E-state index contributed by atoms with van der Waals surface area (Å²) in [7, 11) is 0. The number of fused-ring (bicyclic) bond motifs is 1. The lowest BCUT2D eigenvalue weighted by Gasteiger charge is -2.21. The number of nitrogens with one attached hydrogen (secondary N) is 1. The minimum Gasteiger partial charge on any atom is -0.447 e. The van der Waals surface area contributed by atoms with Gasteiger partial charge in [-0.1, -0.05) is 0 Å². The molecule has 1 saturated heterocycles. The molecule has 3 aromatic rings. The van der Waals surface area contributed by atoms with E-state index in [1.54, 1.807) is 24.3 Å². The predicted molar refractivity (Wildman–Crippen MR) is 101 cm³/mol. The molecule has 0 saturated carbocycles. The zero-order valence-electron chi connectivity index (χ0n) is 15.5. The highest BCUT2D eigenvalue weighted by atomic mass is 19.1. The van der Waals surface area contributed by atoms with Gasteiger partial charge in [-0.2, -0.15) is 0 Å². The molecule has 0 aliphatic carbocycles. The van der Waals surface area contributed by atoms with Crippen LogP contribution in [0.4, 0.5) is 14.9 Å². The van der Waals surface area contributed by atoms with Gasteiger partial charge in [0.25, 0.3) is 0 Å². The second-order valence-electron chi connectivity index (χ2n) is 6.63. The number of halogens is 1. The van der Waals surface area contributed by atoms with E-state index in [2.05, 4.69) is 10.3 Å². The fraction of sp³-hybridized carbons (Fsp3) is 0.200. The van der Waals surface area contributed by atoms with Crippen LogP contribution < -0.4 is 10.2 Å². The molecule has 2 aromatic heterocycles. The Bertz CT molecular complexity index is 1110. The number of ketones is 1. The minimum absolute atomic E-state index is 0.160. The maximum atomic E-state index is 13.5. The predicted octanol–water partition coefficient (Wildman–Crippen LogP) is 2.17. The Balaban J connectivity index is 1.58. The molecule has 1 atom stereocenters. The third-order valence-electron chi connectivity index (χ3n) is 4.66. The molecule has 0 radical (unpaired) electrons. The number of benzene rings is 1. The second kappa shape index (κ2) is 7.34. The third-order valence-corrected chi connectivity index (χ3v) is 4.66. The van der Waals surface area contributed by atoms with Gasteiger partial charge in [0.1, 0.15) is 23.8 Å². The molecule has 1 N–H and O–H groups in total. The smallest absolute Gasteiger partial charge is 0.414 e. The number of ether oxygens (including phenoxy) is 1. The summed E-state index contributed by atoms with van der Waals surface area (Å²) >= 11 is 0. The number of carbonyl (C=O) groups is 3. The number of amides is 2. The van der Waals surface area contributed by atoms with Gasteiger partial charge in [-0.05, 0) is 36.4 Å². The Morgan fingerprint density at radius 2 is 2.00 bits per heavy atom. The molecule has 1 fully saturated rings. The van der Waals surface area contributed by atoms with Gasteiger partial charge in [-0.3, -0.25) is 18.9 Å². The topological polar surface area (TPSA) is 93.0 Å². The normalized spacial score (nSPS) is 16.1. The van der Waals surface area contributed by atoms with Gasteiger partial charge in [0.2, 0.25) is 11.7 Å². The summed E-state index contributed by atoms with van der Waals surface area (Å²) in [4.78, 5) is 41.6. The molecule has 1 aliphatic heterocycles. The SMILES string of the molecule is CC(=O)NCC1COC(=O)N1c1ccc(C(=O)c2cnc3ccc(F)cn23)cc1. The summed E-state index contributed by atoms with van der Waals surface area (Å²) in [6.45, 7) is 1.82. The molecule has 1 aromatic carbocycles. The third kappa shape index (κ3) is 3.54. The highest BCUT2D eigenvalue weighted by Crippen LogP contribution is 2.24. The van der Waals surface area contributed by atoms with E-state index in [1.165, 1.54) is 40.8 Å². The highest BCUT2D eigenvalue weighted by Gasteiger charge is 2.34. The van der Waals surface area contributed by atoms with E-state index in [-0.39, 0.29) is 36.6 Å². The molecule has 29 heavy (non-hydrogen) atoms. The fourth-order valence-corrected chi connectivity index (χ4v) is 3.23. The summed E-state index contributed by atoms with van der Waals surface area (Å²) in [5, 5.41) is 2.67. The van der Waals surface area contributed by atoms with Crippen molar-refractivity contribution in [1.82, 2.24) is 14.7 Å². The molecule has 148 valence electrons. The van der Waals surface area contributed by atoms with Gasteiger partial charge < -0.3 is 10.1 Å². The standard InChI is InChI=1S/C20H17FN4O4/c1-12(26)22-8-16-11-29-20(28)25(16)15-5-2-13(3-6-15)19(27)17-9-23-18-7-4-14(21)10-24(17)18/h2-7,9-10,16H,8,11H2,1H3,(H,22,26). The van der Waals surface area contributed by atoms with E-state index in [9.17, 15) is 18.8 Å². The second-order valence-corrected chi connectivity index (χ2v) is 6.63. The van der Waals surface area contributed by atoms with Crippen molar-refractivity contribution in [3.8, 4) is 0 Å². The maximum absolute atomic E-state index is 13.5. The molecular weight excluding hydrogens is 379 g/mol. The lowest BCUT2D eigenvalue weighted by atomic mass is 10.1. The van der Waals surface area contributed by atoms with Crippen LogP contribution in [0.1, 0.15) is 23.0 Å². The van der Waals surface area contributed by atoms with Crippen molar-refractivity contribution in [2.24, 2.45) is 0 Å². The van der Waals surface area contributed by atoms with Crippen LogP contribution in [0.2, 0.25) is 0 Å². The van der Waals surface area contributed by atoms with Crippen molar-refractivity contribution < 1.29 is 23.5 Å². The number of rotatable bonds is 5. The van der Waals surface area contributed by atoms with Crippen molar-refractivity contribution in [3.05, 3.63) is 65.9 Å². The molecular formula is C20H17FN4O4. The molecule has 8 nitrogen and oxygen atoms in total.